The van der Waals surface area contributed by atoms with Crippen LogP contribution in [0, 0.1) is 0 Å². The van der Waals surface area contributed by atoms with Crippen molar-refractivity contribution in [2.24, 2.45) is 0 Å². The maximum absolute atomic E-state index is 12.3. The number of hydrogen-bond acceptors (Lipinski definition) is 1. The Bertz CT molecular complexity index is 617. The van der Waals surface area contributed by atoms with E-state index in [0.717, 1.165) is 15.6 Å². The number of hydrogen-bond donors (Lipinski definition) is 1. The van der Waals surface area contributed by atoms with Crippen LogP contribution in [0.1, 0.15) is 18.1 Å². The lowest BCUT2D eigenvalue weighted by Gasteiger charge is -2.29. The van der Waals surface area contributed by atoms with Gasteiger partial charge in [0, 0.05) is 10.4 Å². The number of carbonyl (C=O) groups excluding carboxylic acids is 1. The third-order valence-corrected chi connectivity index (χ3v) is 4.37. The second-order valence-electron chi connectivity index (χ2n) is 5.19. The monoisotopic (exact) mass is 365 g/mol. The maximum atomic E-state index is 12.3. The molecule has 2 nitrogen and oxygen atoms in total. The number of halogens is 2. The summed E-state index contributed by atoms with van der Waals surface area (Å²) in [6.07, 6.45) is 0.332. The average Bonchev–Trinajstić information content (AvgIpc) is 2.48. The van der Waals surface area contributed by atoms with E-state index in [2.05, 4.69) is 21.2 Å². The first kappa shape index (κ1) is 16.1. The number of amides is 1. The predicted octanol–water partition coefficient (Wildman–Crippen LogP) is 4.26. The van der Waals surface area contributed by atoms with Crippen molar-refractivity contribution in [2.75, 3.05) is 5.88 Å². The van der Waals surface area contributed by atoms with Crippen LogP contribution in [-0.4, -0.2) is 11.8 Å². The lowest BCUT2D eigenvalue weighted by molar-refractivity contribution is -0.122. The standard InChI is InChI=1S/C17H17BrClNO/c1-17(12-19,14-7-3-2-4-8-14)20-16(21)11-13-6-5-9-15(18)10-13/h2-10H,11-12H2,1H3,(H,20,21). The molecule has 0 bridgehead atoms. The van der Waals surface area contributed by atoms with Gasteiger partial charge in [-0.3, -0.25) is 4.79 Å². The van der Waals surface area contributed by atoms with Crippen LogP contribution in [0.2, 0.25) is 0 Å². The SMILES string of the molecule is CC(CCl)(NC(=O)Cc1cccc(Br)c1)c1ccccc1. The highest BCUT2D eigenvalue weighted by atomic mass is 79.9. The molecule has 0 spiro atoms. The molecule has 0 radical (unpaired) electrons. The highest BCUT2D eigenvalue weighted by molar-refractivity contribution is 9.10. The van der Waals surface area contributed by atoms with E-state index >= 15 is 0 Å². The zero-order valence-electron chi connectivity index (χ0n) is 11.8. The summed E-state index contributed by atoms with van der Waals surface area (Å²) in [6.45, 7) is 1.94. The molecule has 2 aromatic carbocycles. The zero-order chi connectivity index (χ0) is 15.3. The molecule has 0 saturated carbocycles. The van der Waals surface area contributed by atoms with E-state index in [1.165, 1.54) is 0 Å². The number of benzene rings is 2. The molecule has 1 N–H and O–H groups in total. The van der Waals surface area contributed by atoms with Crippen LogP contribution in [0.3, 0.4) is 0 Å². The molecule has 0 aliphatic heterocycles. The Morgan fingerprint density at radius 2 is 1.90 bits per heavy atom. The van der Waals surface area contributed by atoms with Crippen molar-refractivity contribution in [2.45, 2.75) is 18.9 Å². The van der Waals surface area contributed by atoms with Crippen LogP contribution < -0.4 is 5.32 Å². The van der Waals surface area contributed by atoms with Crippen LogP contribution in [0.5, 0.6) is 0 Å². The van der Waals surface area contributed by atoms with E-state index < -0.39 is 5.54 Å². The van der Waals surface area contributed by atoms with Gasteiger partial charge in [0.05, 0.1) is 12.0 Å². The molecular formula is C17H17BrClNO. The summed E-state index contributed by atoms with van der Waals surface area (Å²) in [5.41, 5.74) is 1.40. The van der Waals surface area contributed by atoms with Crippen molar-refractivity contribution in [3.63, 3.8) is 0 Å². The third-order valence-electron chi connectivity index (χ3n) is 3.35. The van der Waals surface area contributed by atoms with Crippen molar-refractivity contribution in [1.82, 2.24) is 5.32 Å². The molecule has 2 aromatic rings. The van der Waals surface area contributed by atoms with Crippen LogP contribution in [0.15, 0.2) is 59.1 Å². The fraction of sp³-hybridized carbons (Fsp3) is 0.235. The fourth-order valence-corrected chi connectivity index (χ4v) is 2.84. The lowest BCUT2D eigenvalue weighted by Crippen LogP contribution is -2.45. The van der Waals surface area contributed by atoms with Gasteiger partial charge in [-0.05, 0) is 30.2 Å². The number of carbonyl (C=O) groups is 1. The van der Waals surface area contributed by atoms with Crippen molar-refractivity contribution in [1.29, 1.82) is 0 Å². The van der Waals surface area contributed by atoms with E-state index in [9.17, 15) is 4.79 Å². The summed E-state index contributed by atoms with van der Waals surface area (Å²) in [4.78, 5) is 12.3. The molecule has 21 heavy (non-hydrogen) atoms. The summed E-state index contributed by atoms with van der Waals surface area (Å²) in [6, 6.07) is 17.5. The van der Waals surface area contributed by atoms with Crippen molar-refractivity contribution in [3.8, 4) is 0 Å². The van der Waals surface area contributed by atoms with Gasteiger partial charge in [0.2, 0.25) is 5.91 Å². The van der Waals surface area contributed by atoms with E-state index in [4.69, 9.17) is 11.6 Å². The normalized spacial score (nSPS) is 13.5. The van der Waals surface area contributed by atoms with Crippen LogP contribution in [0.4, 0.5) is 0 Å². The van der Waals surface area contributed by atoms with Gasteiger partial charge in [-0.15, -0.1) is 11.6 Å². The quantitative estimate of drug-likeness (QED) is 0.787. The van der Waals surface area contributed by atoms with Gasteiger partial charge in [0.25, 0.3) is 0 Å². The Morgan fingerprint density at radius 1 is 1.19 bits per heavy atom. The number of rotatable bonds is 5. The summed E-state index contributed by atoms with van der Waals surface area (Å²) >= 11 is 9.50. The number of alkyl halides is 1. The molecule has 2 rings (SSSR count). The molecule has 1 amide bonds. The Hall–Kier alpha value is -1.32. The minimum absolute atomic E-state index is 0.0416. The first-order valence-corrected chi connectivity index (χ1v) is 8.03. The molecule has 0 aromatic heterocycles. The zero-order valence-corrected chi connectivity index (χ0v) is 14.1. The van der Waals surface area contributed by atoms with Gasteiger partial charge < -0.3 is 5.32 Å². The Morgan fingerprint density at radius 3 is 2.52 bits per heavy atom. The highest BCUT2D eigenvalue weighted by Gasteiger charge is 2.27. The molecule has 0 aliphatic carbocycles. The van der Waals surface area contributed by atoms with Crippen LogP contribution >= 0.6 is 27.5 Å². The van der Waals surface area contributed by atoms with Gasteiger partial charge >= 0.3 is 0 Å². The first-order chi connectivity index (χ1) is 10.0. The second-order valence-corrected chi connectivity index (χ2v) is 6.37. The smallest absolute Gasteiger partial charge is 0.225 e. The summed E-state index contributed by atoms with van der Waals surface area (Å²) in [5.74, 6) is 0.279. The molecule has 0 fully saturated rings. The summed E-state index contributed by atoms with van der Waals surface area (Å²) in [7, 11) is 0. The van der Waals surface area contributed by atoms with Crippen LogP contribution in [0.25, 0.3) is 0 Å². The van der Waals surface area contributed by atoms with E-state index in [0.29, 0.717) is 12.3 Å². The van der Waals surface area contributed by atoms with Crippen molar-refractivity contribution in [3.05, 3.63) is 70.2 Å². The summed E-state index contributed by atoms with van der Waals surface area (Å²) in [5, 5.41) is 3.04. The van der Waals surface area contributed by atoms with Crippen LogP contribution in [-0.2, 0) is 16.8 Å². The van der Waals surface area contributed by atoms with E-state index in [1.807, 2.05) is 61.5 Å². The molecule has 0 heterocycles. The largest absolute Gasteiger partial charge is 0.345 e. The Labute approximate surface area is 138 Å². The third kappa shape index (κ3) is 4.32. The Kier molecular flexibility index (Phi) is 5.43. The van der Waals surface area contributed by atoms with Gasteiger partial charge in [-0.1, -0.05) is 58.4 Å². The molecule has 1 unspecified atom stereocenters. The van der Waals surface area contributed by atoms with Gasteiger partial charge in [0.1, 0.15) is 0 Å². The molecular weight excluding hydrogens is 350 g/mol. The fourth-order valence-electron chi connectivity index (χ4n) is 2.17. The molecule has 110 valence electrons. The minimum atomic E-state index is -0.564. The van der Waals surface area contributed by atoms with E-state index in [1.54, 1.807) is 0 Å². The molecule has 1 atom stereocenters. The molecule has 4 heteroatoms. The first-order valence-electron chi connectivity index (χ1n) is 6.70. The average molecular weight is 367 g/mol. The molecule has 0 saturated heterocycles. The van der Waals surface area contributed by atoms with Gasteiger partial charge in [-0.25, -0.2) is 0 Å². The number of nitrogens with one attached hydrogen (secondary N) is 1. The van der Waals surface area contributed by atoms with Gasteiger partial charge in [0.15, 0.2) is 0 Å². The minimum Gasteiger partial charge on any atom is -0.345 e. The summed E-state index contributed by atoms with van der Waals surface area (Å²) < 4.78 is 0.968. The lowest BCUT2D eigenvalue weighted by atomic mass is 9.93. The predicted molar refractivity (Wildman–Crippen MR) is 90.5 cm³/mol. The van der Waals surface area contributed by atoms with Crippen molar-refractivity contribution < 1.29 is 4.79 Å². The maximum Gasteiger partial charge on any atom is 0.225 e. The van der Waals surface area contributed by atoms with E-state index in [-0.39, 0.29) is 5.91 Å². The van der Waals surface area contributed by atoms with Crippen molar-refractivity contribution >= 4 is 33.4 Å². The highest BCUT2D eigenvalue weighted by Crippen LogP contribution is 2.22. The topological polar surface area (TPSA) is 29.1 Å². The molecule has 0 aliphatic rings. The van der Waals surface area contributed by atoms with Gasteiger partial charge in [-0.2, -0.15) is 0 Å². The second kappa shape index (κ2) is 7.10. The Balaban J connectivity index is 2.10.